The number of benzene rings is 2. The molecule has 1 saturated carbocycles. The first-order chi connectivity index (χ1) is 10.2. The highest BCUT2D eigenvalue weighted by molar-refractivity contribution is 5.48. The molecule has 1 fully saturated rings. The van der Waals surface area contributed by atoms with E-state index in [4.69, 9.17) is 0 Å². The van der Waals surface area contributed by atoms with Crippen molar-refractivity contribution in [3.8, 4) is 0 Å². The lowest BCUT2D eigenvalue weighted by Crippen LogP contribution is -2.15. The number of aliphatic hydroxyl groups excluding tert-OH is 1. The van der Waals surface area contributed by atoms with Crippen LogP contribution in [0.2, 0.25) is 0 Å². The zero-order valence-corrected chi connectivity index (χ0v) is 12.1. The van der Waals surface area contributed by atoms with Gasteiger partial charge in [0.05, 0.1) is 12.6 Å². The Morgan fingerprint density at radius 1 is 1.24 bits per heavy atom. The number of anilines is 1. The summed E-state index contributed by atoms with van der Waals surface area (Å²) in [4.78, 5) is 0. The average Bonchev–Trinajstić information content (AvgIpc) is 3.28. The SMILES string of the molecule is Cc1cc(F)cc(NC(CO)c2cccc(C3CC3)c2)c1. The van der Waals surface area contributed by atoms with E-state index in [9.17, 15) is 9.50 Å². The standard InChI is InChI=1S/C18H20FNO/c1-12-7-16(19)10-17(8-12)20-18(11-21)15-4-2-3-14(9-15)13-5-6-13/h2-4,7-10,13,18,20-21H,5-6,11H2,1H3. The predicted octanol–water partition coefficient (Wildman–Crippen LogP) is 4.16. The molecular weight excluding hydrogens is 265 g/mol. The molecule has 0 aliphatic heterocycles. The molecule has 110 valence electrons. The number of aliphatic hydroxyl groups is 1. The Balaban J connectivity index is 1.82. The van der Waals surface area contributed by atoms with Gasteiger partial charge in [-0.2, -0.15) is 0 Å². The number of halogens is 1. The van der Waals surface area contributed by atoms with E-state index in [1.807, 2.05) is 25.1 Å². The molecular formula is C18H20FNO. The molecule has 2 aromatic rings. The normalized spacial score (nSPS) is 15.8. The summed E-state index contributed by atoms with van der Waals surface area (Å²) in [5.74, 6) is 0.418. The van der Waals surface area contributed by atoms with E-state index in [0.717, 1.165) is 11.1 Å². The summed E-state index contributed by atoms with van der Waals surface area (Å²) in [6.45, 7) is 1.83. The van der Waals surface area contributed by atoms with Crippen molar-refractivity contribution in [2.45, 2.75) is 31.7 Å². The zero-order valence-electron chi connectivity index (χ0n) is 12.1. The highest BCUT2D eigenvalue weighted by Gasteiger charge is 2.24. The van der Waals surface area contributed by atoms with Crippen molar-refractivity contribution in [3.63, 3.8) is 0 Å². The summed E-state index contributed by atoms with van der Waals surface area (Å²) in [6.07, 6.45) is 2.51. The molecule has 1 atom stereocenters. The summed E-state index contributed by atoms with van der Waals surface area (Å²) in [5, 5.41) is 12.9. The van der Waals surface area contributed by atoms with Crippen LogP contribution < -0.4 is 5.32 Å². The fourth-order valence-electron chi connectivity index (χ4n) is 2.70. The van der Waals surface area contributed by atoms with Gasteiger partial charge in [-0.25, -0.2) is 4.39 Å². The van der Waals surface area contributed by atoms with Crippen LogP contribution >= 0.6 is 0 Å². The predicted molar refractivity (Wildman–Crippen MR) is 83.0 cm³/mol. The molecule has 2 aromatic carbocycles. The van der Waals surface area contributed by atoms with Crippen LogP contribution in [0.5, 0.6) is 0 Å². The van der Waals surface area contributed by atoms with Gasteiger partial charge in [0.25, 0.3) is 0 Å². The summed E-state index contributed by atoms with van der Waals surface area (Å²) in [7, 11) is 0. The van der Waals surface area contributed by atoms with Crippen LogP contribution in [-0.4, -0.2) is 11.7 Å². The monoisotopic (exact) mass is 285 g/mol. The van der Waals surface area contributed by atoms with E-state index in [1.54, 1.807) is 0 Å². The third-order valence-electron chi connectivity index (χ3n) is 3.93. The van der Waals surface area contributed by atoms with Gasteiger partial charge < -0.3 is 10.4 Å². The Bertz CT molecular complexity index is 617. The van der Waals surface area contributed by atoms with E-state index in [1.165, 1.54) is 30.5 Å². The molecule has 0 bridgehead atoms. The molecule has 1 aliphatic carbocycles. The fraction of sp³-hybridized carbons (Fsp3) is 0.333. The molecule has 0 radical (unpaired) electrons. The van der Waals surface area contributed by atoms with E-state index in [0.29, 0.717) is 11.6 Å². The van der Waals surface area contributed by atoms with Crippen LogP contribution in [0.15, 0.2) is 42.5 Å². The van der Waals surface area contributed by atoms with Crippen molar-refractivity contribution >= 4 is 5.69 Å². The maximum atomic E-state index is 13.5. The van der Waals surface area contributed by atoms with Crippen LogP contribution in [0, 0.1) is 12.7 Å². The van der Waals surface area contributed by atoms with Crippen LogP contribution in [0.1, 0.15) is 41.5 Å². The van der Waals surface area contributed by atoms with Crippen molar-refractivity contribution in [2.75, 3.05) is 11.9 Å². The smallest absolute Gasteiger partial charge is 0.125 e. The molecule has 0 amide bonds. The van der Waals surface area contributed by atoms with Crippen molar-refractivity contribution < 1.29 is 9.50 Å². The van der Waals surface area contributed by atoms with Crippen LogP contribution in [0.4, 0.5) is 10.1 Å². The third-order valence-corrected chi connectivity index (χ3v) is 3.93. The second-order valence-corrected chi connectivity index (χ2v) is 5.84. The molecule has 0 heterocycles. The van der Waals surface area contributed by atoms with E-state index in [2.05, 4.69) is 17.4 Å². The lowest BCUT2D eigenvalue weighted by Gasteiger charge is -2.19. The second-order valence-electron chi connectivity index (χ2n) is 5.84. The highest BCUT2D eigenvalue weighted by atomic mass is 19.1. The number of hydrogen-bond acceptors (Lipinski definition) is 2. The molecule has 2 N–H and O–H groups in total. The molecule has 1 aliphatic rings. The van der Waals surface area contributed by atoms with Crippen LogP contribution in [0.25, 0.3) is 0 Å². The van der Waals surface area contributed by atoms with Gasteiger partial charge in [0, 0.05) is 5.69 Å². The summed E-state index contributed by atoms with van der Waals surface area (Å²) >= 11 is 0. The van der Waals surface area contributed by atoms with Crippen molar-refractivity contribution in [2.24, 2.45) is 0 Å². The van der Waals surface area contributed by atoms with Crippen LogP contribution in [0.3, 0.4) is 0 Å². The first kappa shape index (κ1) is 14.1. The topological polar surface area (TPSA) is 32.3 Å². The Kier molecular flexibility index (Phi) is 3.93. The first-order valence-corrected chi connectivity index (χ1v) is 7.40. The second kappa shape index (κ2) is 5.86. The van der Waals surface area contributed by atoms with Crippen LogP contribution in [-0.2, 0) is 0 Å². The minimum absolute atomic E-state index is 0.0241. The summed E-state index contributed by atoms with van der Waals surface area (Å²) < 4.78 is 13.5. The van der Waals surface area contributed by atoms with Gasteiger partial charge >= 0.3 is 0 Å². The molecule has 3 rings (SSSR count). The van der Waals surface area contributed by atoms with Gasteiger partial charge in [0.15, 0.2) is 0 Å². The molecule has 0 spiro atoms. The summed E-state index contributed by atoms with van der Waals surface area (Å²) in [6, 6.07) is 12.9. The van der Waals surface area contributed by atoms with E-state index < -0.39 is 0 Å². The maximum Gasteiger partial charge on any atom is 0.125 e. The van der Waals surface area contributed by atoms with Gasteiger partial charge in [0.1, 0.15) is 5.82 Å². The van der Waals surface area contributed by atoms with Gasteiger partial charge in [0.2, 0.25) is 0 Å². The Morgan fingerprint density at radius 2 is 2.05 bits per heavy atom. The molecule has 1 unspecified atom stereocenters. The third kappa shape index (κ3) is 3.42. The number of hydrogen-bond donors (Lipinski definition) is 2. The minimum atomic E-state index is -0.263. The average molecular weight is 285 g/mol. The quantitative estimate of drug-likeness (QED) is 0.864. The van der Waals surface area contributed by atoms with Crippen molar-refractivity contribution in [3.05, 3.63) is 65.0 Å². The van der Waals surface area contributed by atoms with E-state index >= 15 is 0 Å². The number of aryl methyl sites for hydroxylation is 1. The van der Waals surface area contributed by atoms with Gasteiger partial charge in [-0.3, -0.25) is 0 Å². The highest BCUT2D eigenvalue weighted by Crippen LogP contribution is 2.40. The Morgan fingerprint density at radius 3 is 2.71 bits per heavy atom. The zero-order chi connectivity index (χ0) is 14.8. The lowest BCUT2D eigenvalue weighted by atomic mass is 10.0. The minimum Gasteiger partial charge on any atom is -0.394 e. The van der Waals surface area contributed by atoms with Gasteiger partial charge in [-0.15, -0.1) is 0 Å². The Labute approximate surface area is 124 Å². The largest absolute Gasteiger partial charge is 0.394 e. The molecule has 2 nitrogen and oxygen atoms in total. The van der Waals surface area contributed by atoms with Crippen molar-refractivity contribution in [1.82, 2.24) is 0 Å². The lowest BCUT2D eigenvalue weighted by molar-refractivity contribution is 0.276. The maximum absolute atomic E-state index is 13.5. The molecule has 0 saturated heterocycles. The van der Waals surface area contributed by atoms with Crippen molar-refractivity contribution in [1.29, 1.82) is 0 Å². The molecule has 21 heavy (non-hydrogen) atoms. The fourth-order valence-corrected chi connectivity index (χ4v) is 2.70. The van der Waals surface area contributed by atoms with Gasteiger partial charge in [-0.05, 0) is 60.6 Å². The molecule has 0 aromatic heterocycles. The van der Waals surface area contributed by atoms with Gasteiger partial charge in [-0.1, -0.05) is 24.3 Å². The molecule has 3 heteroatoms. The van der Waals surface area contributed by atoms with E-state index in [-0.39, 0.29) is 18.5 Å². The first-order valence-electron chi connectivity index (χ1n) is 7.40. The Hall–Kier alpha value is -1.87. The summed E-state index contributed by atoms with van der Waals surface area (Å²) in [5.41, 5.74) is 3.94. The number of nitrogens with one attached hydrogen (secondary N) is 1. The number of rotatable bonds is 5.